The lowest BCUT2D eigenvalue weighted by Crippen LogP contribution is -2.47. The van der Waals surface area contributed by atoms with Gasteiger partial charge < -0.3 is 10.4 Å². The first kappa shape index (κ1) is 23.1. The number of hydrogen-bond donors (Lipinski definition) is 2. The van der Waals surface area contributed by atoms with Gasteiger partial charge >= 0.3 is 0 Å². The first-order chi connectivity index (χ1) is 16.1. The Morgan fingerprint density at radius 3 is 2.47 bits per heavy atom. The van der Waals surface area contributed by atoms with Crippen molar-refractivity contribution in [3.05, 3.63) is 71.3 Å². The molecule has 3 heterocycles. The lowest BCUT2D eigenvalue weighted by molar-refractivity contribution is 0.0407. The van der Waals surface area contributed by atoms with E-state index in [-0.39, 0.29) is 11.6 Å². The Hall–Kier alpha value is -4.09. The molecule has 34 heavy (non-hydrogen) atoms. The number of hydrogen-bond acceptors (Lipinski definition) is 6. The molecule has 0 aliphatic heterocycles. The van der Waals surface area contributed by atoms with Gasteiger partial charge in [0, 0.05) is 23.1 Å². The monoisotopic (exact) mass is 454 g/mol. The summed E-state index contributed by atoms with van der Waals surface area (Å²) >= 11 is 0. The van der Waals surface area contributed by atoms with E-state index in [2.05, 4.69) is 21.4 Å². The van der Waals surface area contributed by atoms with Crippen LogP contribution in [0.5, 0.6) is 0 Å². The van der Waals surface area contributed by atoms with Crippen molar-refractivity contribution in [2.75, 3.05) is 0 Å². The van der Waals surface area contributed by atoms with Crippen LogP contribution in [-0.4, -0.2) is 42.2 Å². The number of benzene rings is 1. The summed E-state index contributed by atoms with van der Waals surface area (Å²) in [6, 6.07) is 14.4. The number of nitrogens with zero attached hydrogens (tertiary/aromatic N) is 5. The fourth-order valence-electron chi connectivity index (χ4n) is 3.69. The highest BCUT2D eigenvalue weighted by molar-refractivity contribution is 5.95. The molecular formula is C26H26N6O2. The van der Waals surface area contributed by atoms with E-state index in [1.165, 1.54) is 0 Å². The number of rotatable bonds is 5. The minimum atomic E-state index is -1.08. The van der Waals surface area contributed by atoms with Crippen LogP contribution in [0.3, 0.4) is 0 Å². The number of amides is 1. The van der Waals surface area contributed by atoms with E-state index in [4.69, 9.17) is 5.10 Å². The largest absolute Gasteiger partial charge is 0.388 e. The minimum Gasteiger partial charge on any atom is -0.388 e. The van der Waals surface area contributed by atoms with Gasteiger partial charge in [-0.3, -0.25) is 9.78 Å². The molecule has 8 heteroatoms. The van der Waals surface area contributed by atoms with Gasteiger partial charge in [-0.05, 0) is 70.5 Å². The molecule has 0 radical (unpaired) electrons. The normalized spacial score (nSPS) is 12.4. The molecule has 0 saturated heterocycles. The van der Waals surface area contributed by atoms with Gasteiger partial charge in [0.15, 0.2) is 5.65 Å². The van der Waals surface area contributed by atoms with Crippen LogP contribution < -0.4 is 5.32 Å². The first-order valence-corrected chi connectivity index (χ1v) is 11.0. The van der Waals surface area contributed by atoms with Crippen LogP contribution in [0.15, 0.2) is 48.7 Å². The van der Waals surface area contributed by atoms with Gasteiger partial charge in [-0.25, -0.2) is 9.50 Å². The Morgan fingerprint density at radius 2 is 1.82 bits per heavy atom. The third-order valence-corrected chi connectivity index (χ3v) is 5.76. The molecule has 8 nitrogen and oxygen atoms in total. The van der Waals surface area contributed by atoms with Crippen LogP contribution in [0.25, 0.3) is 28.0 Å². The third kappa shape index (κ3) is 4.51. The van der Waals surface area contributed by atoms with Gasteiger partial charge in [0.05, 0.1) is 28.8 Å². The first-order valence-electron chi connectivity index (χ1n) is 11.0. The molecule has 0 unspecified atom stereocenters. The Balaban J connectivity index is 1.92. The Kier molecular flexibility index (Phi) is 5.90. The van der Waals surface area contributed by atoms with E-state index in [0.717, 1.165) is 28.1 Å². The van der Waals surface area contributed by atoms with Crippen LogP contribution in [0.4, 0.5) is 0 Å². The maximum Gasteiger partial charge on any atom is 0.270 e. The molecule has 2 N–H and O–H groups in total. The fraction of sp³-hybridized carbons (Fsp3) is 0.269. The summed E-state index contributed by atoms with van der Waals surface area (Å²) in [6.45, 7) is 8.85. The smallest absolute Gasteiger partial charge is 0.270 e. The van der Waals surface area contributed by atoms with Gasteiger partial charge in [0.2, 0.25) is 0 Å². The second kappa shape index (κ2) is 8.69. The van der Waals surface area contributed by atoms with Crippen molar-refractivity contribution < 1.29 is 9.90 Å². The van der Waals surface area contributed by atoms with Crippen molar-refractivity contribution in [1.82, 2.24) is 24.9 Å². The zero-order chi connectivity index (χ0) is 24.6. The summed E-state index contributed by atoms with van der Waals surface area (Å²) in [6.07, 6.45) is 1.69. The standard InChI is InChI=1S/C26H26N6O2/c1-15-11-20(12-16(2)28-15)22-23(19-8-6-7-18(13-19)14-27)31-32-10-9-21(30-24(22)32)25(33)29-17(3)26(4,5)34/h6-13,17,34H,1-5H3,(H,29,33)/t17-/m1/s1. The summed E-state index contributed by atoms with van der Waals surface area (Å²) in [4.78, 5) is 22.0. The van der Waals surface area contributed by atoms with E-state index >= 15 is 0 Å². The number of pyridine rings is 1. The average molecular weight is 455 g/mol. The highest BCUT2D eigenvalue weighted by Gasteiger charge is 2.26. The minimum absolute atomic E-state index is 0.213. The SMILES string of the molecule is Cc1cc(-c2c(-c3cccc(C#N)c3)nn3ccc(C(=O)N[C@H](C)C(C)(C)O)nc23)cc(C)n1. The molecule has 0 aliphatic rings. The Morgan fingerprint density at radius 1 is 1.12 bits per heavy atom. The van der Waals surface area contributed by atoms with Crippen molar-refractivity contribution in [3.63, 3.8) is 0 Å². The summed E-state index contributed by atoms with van der Waals surface area (Å²) in [5.41, 5.74) is 4.89. The molecule has 0 aliphatic carbocycles. The molecule has 3 aromatic heterocycles. The van der Waals surface area contributed by atoms with Crippen LogP contribution in [0.2, 0.25) is 0 Å². The number of fused-ring (bicyclic) bond motifs is 1. The molecule has 1 atom stereocenters. The number of nitriles is 1. The molecule has 4 rings (SSSR count). The quantitative estimate of drug-likeness (QED) is 0.473. The maximum atomic E-state index is 12.9. The molecule has 0 saturated carbocycles. The van der Waals surface area contributed by atoms with Crippen molar-refractivity contribution in [2.24, 2.45) is 0 Å². The van der Waals surface area contributed by atoms with Gasteiger partial charge in [0.1, 0.15) is 11.4 Å². The van der Waals surface area contributed by atoms with Gasteiger partial charge in [-0.2, -0.15) is 10.4 Å². The van der Waals surface area contributed by atoms with Crippen LogP contribution in [0.1, 0.15) is 48.2 Å². The van der Waals surface area contributed by atoms with Crippen molar-refractivity contribution >= 4 is 11.6 Å². The van der Waals surface area contributed by atoms with Crippen LogP contribution in [0, 0.1) is 25.2 Å². The average Bonchev–Trinajstić information content (AvgIpc) is 3.16. The number of aromatic nitrogens is 4. The van der Waals surface area contributed by atoms with Crippen molar-refractivity contribution in [2.45, 2.75) is 46.3 Å². The molecule has 0 fully saturated rings. The highest BCUT2D eigenvalue weighted by Crippen LogP contribution is 2.35. The van der Waals surface area contributed by atoms with E-state index in [1.807, 2.05) is 38.1 Å². The molecular weight excluding hydrogens is 428 g/mol. The lowest BCUT2D eigenvalue weighted by Gasteiger charge is -2.26. The van der Waals surface area contributed by atoms with Crippen molar-refractivity contribution in [3.8, 4) is 28.5 Å². The fourth-order valence-corrected chi connectivity index (χ4v) is 3.69. The number of carbonyl (C=O) groups is 1. The summed E-state index contributed by atoms with van der Waals surface area (Å²) in [5.74, 6) is -0.389. The Bertz CT molecular complexity index is 1420. The topological polar surface area (TPSA) is 116 Å². The molecule has 0 spiro atoms. The Labute approximate surface area is 197 Å². The predicted molar refractivity (Wildman–Crippen MR) is 129 cm³/mol. The van der Waals surface area contributed by atoms with E-state index < -0.39 is 11.6 Å². The number of nitrogens with one attached hydrogen (secondary N) is 1. The van der Waals surface area contributed by atoms with E-state index in [9.17, 15) is 15.2 Å². The van der Waals surface area contributed by atoms with Crippen LogP contribution in [-0.2, 0) is 0 Å². The second-order valence-electron chi connectivity index (χ2n) is 8.98. The van der Waals surface area contributed by atoms with Gasteiger partial charge in [-0.1, -0.05) is 12.1 Å². The predicted octanol–water partition coefficient (Wildman–Crippen LogP) is 3.84. The maximum absolute atomic E-state index is 12.9. The number of carbonyl (C=O) groups excluding carboxylic acids is 1. The zero-order valence-electron chi connectivity index (χ0n) is 19.8. The van der Waals surface area contributed by atoms with E-state index in [1.54, 1.807) is 49.7 Å². The summed E-state index contributed by atoms with van der Waals surface area (Å²) in [5, 5.41) is 27.1. The van der Waals surface area contributed by atoms with Crippen LogP contribution >= 0.6 is 0 Å². The third-order valence-electron chi connectivity index (χ3n) is 5.76. The molecule has 172 valence electrons. The molecule has 4 aromatic rings. The highest BCUT2D eigenvalue weighted by atomic mass is 16.3. The molecule has 1 amide bonds. The summed E-state index contributed by atoms with van der Waals surface area (Å²) in [7, 11) is 0. The van der Waals surface area contributed by atoms with Crippen molar-refractivity contribution in [1.29, 1.82) is 5.26 Å². The van der Waals surface area contributed by atoms with Gasteiger partial charge in [0.25, 0.3) is 5.91 Å². The summed E-state index contributed by atoms with van der Waals surface area (Å²) < 4.78 is 1.63. The van der Waals surface area contributed by atoms with Gasteiger partial charge in [-0.15, -0.1) is 0 Å². The number of aryl methyl sites for hydroxylation is 2. The number of aliphatic hydroxyl groups is 1. The van der Waals surface area contributed by atoms with E-state index in [0.29, 0.717) is 16.9 Å². The molecule has 1 aromatic carbocycles. The zero-order valence-corrected chi connectivity index (χ0v) is 19.8. The lowest BCUT2D eigenvalue weighted by atomic mass is 9.99. The molecule has 0 bridgehead atoms. The second-order valence-corrected chi connectivity index (χ2v) is 8.98.